The Balaban J connectivity index is 1.74. The zero-order valence-corrected chi connectivity index (χ0v) is 11.9. The minimum absolute atomic E-state index is 0.193. The molecule has 2 fully saturated rings. The van der Waals surface area contributed by atoms with Crippen molar-refractivity contribution in [2.45, 2.75) is 57.1 Å². The molecule has 1 heterocycles. The second kappa shape index (κ2) is 5.29. The van der Waals surface area contributed by atoms with Gasteiger partial charge in [-0.15, -0.1) is 0 Å². The van der Waals surface area contributed by atoms with Gasteiger partial charge in [-0.05, 0) is 12.8 Å². The SMILES string of the molecule is NC1CC(Oc2cncc(Cl)c2)C12CCCCCC2. The van der Waals surface area contributed by atoms with E-state index < -0.39 is 0 Å². The number of halogens is 1. The lowest BCUT2D eigenvalue weighted by Crippen LogP contribution is -2.63. The maximum atomic E-state index is 6.31. The highest BCUT2D eigenvalue weighted by atomic mass is 35.5. The van der Waals surface area contributed by atoms with Gasteiger partial charge in [0.15, 0.2) is 0 Å². The largest absolute Gasteiger partial charge is 0.488 e. The van der Waals surface area contributed by atoms with Crippen LogP contribution >= 0.6 is 11.6 Å². The number of aromatic nitrogens is 1. The van der Waals surface area contributed by atoms with E-state index in [1.54, 1.807) is 12.4 Å². The van der Waals surface area contributed by atoms with Gasteiger partial charge in [0, 0.05) is 30.1 Å². The third-order valence-corrected chi connectivity index (χ3v) is 5.05. The molecule has 2 aliphatic rings. The molecule has 1 aromatic rings. The summed E-state index contributed by atoms with van der Waals surface area (Å²) in [6, 6.07) is 2.13. The molecule has 104 valence electrons. The van der Waals surface area contributed by atoms with Crippen LogP contribution < -0.4 is 10.5 Å². The van der Waals surface area contributed by atoms with Crippen molar-refractivity contribution < 1.29 is 4.74 Å². The van der Waals surface area contributed by atoms with Gasteiger partial charge in [0.1, 0.15) is 11.9 Å². The number of nitrogens with two attached hydrogens (primary N) is 1. The summed E-state index contributed by atoms with van der Waals surface area (Å²) in [6.07, 6.45) is 12.2. The third-order valence-electron chi connectivity index (χ3n) is 4.84. The number of nitrogens with zero attached hydrogens (tertiary/aromatic N) is 1. The van der Waals surface area contributed by atoms with Crippen LogP contribution in [0, 0.1) is 5.41 Å². The zero-order chi connectivity index (χ0) is 13.3. The van der Waals surface area contributed by atoms with Crippen LogP contribution in [0.1, 0.15) is 44.9 Å². The summed E-state index contributed by atoms with van der Waals surface area (Å²) in [6.45, 7) is 0. The van der Waals surface area contributed by atoms with Gasteiger partial charge < -0.3 is 10.5 Å². The quantitative estimate of drug-likeness (QED) is 0.901. The van der Waals surface area contributed by atoms with Crippen molar-refractivity contribution in [2.24, 2.45) is 11.1 Å². The van der Waals surface area contributed by atoms with Gasteiger partial charge in [-0.25, -0.2) is 0 Å². The molecule has 0 aromatic carbocycles. The highest BCUT2D eigenvalue weighted by Crippen LogP contribution is 2.51. The highest BCUT2D eigenvalue weighted by Gasteiger charge is 2.54. The van der Waals surface area contributed by atoms with Gasteiger partial charge in [0.05, 0.1) is 11.2 Å². The summed E-state index contributed by atoms with van der Waals surface area (Å²) < 4.78 is 6.12. The van der Waals surface area contributed by atoms with Crippen LogP contribution in [-0.2, 0) is 0 Å². The van der Waals surface area contributed by atoms with E-state index in [0.717, 1.165) is 12.2 Å². The fourth-order valence-corrected chi connectivity index (χ4v) is 3.81. The first-order valence-electron chi connectivity index (χ1n) is 7.23. The van der Waals surface area contributed by atoms with Gasteiger partial charge in [-0.1, -0.05) is 37.3 Å². The molecule has 0 radical (unpaired) electrons. The lowest BCUT2D eigenvalue weighted by molar-refractivity contribution is -0.0771. The zero-order valence-electron chi connectivity index (χ0n) is 11.1. The first-order chi connectivity index (χ1) is 9.21. The Bertz CT molecular complexity index is 444. The molecule has 2 atom stereocenters. The summed E-state index contributed by atoms with van der Waals surface area (Å²) in [4.78, 5) is 4.08. The molecule has 0 bridgehead atoms. The molecule has 1 spiro atoms. The Morgan fingerprint density at radius 2 is 1.95 bits per heavy atom. The molecule has 0 aliphatic heterocycles. The van der Waals surface area contributed by atoms with E-state index in [4.69, 9.17) is 22.1 Å². The third kappa shape index (κ3) is 2.46. The minimum Gasteiger partial charge on any atom is -0.488 e. The average molecular weight is 281 g/mol. The summed E-state index contributed by atoms with van der Waals surface area (Å²) >= 11 is 5.95. The van der Waals surface area contributed by atoms with Gasteiger partial charge in [0.2, 0.25) is 0 Å². The number of hydrogen-bond acceptors (Lipinski definition) is 3. The van der Waals surface area contributed by atoms with Crippen molar-refractivity contribution in [3.05, 3.63) is 23.5 Å². The number of hydrogen-bond donors (Lipinski definition) is 1. The van der Waals surface area contributed by atoms with E-state index in [2.05, 4.69) is 4.98 Å². The average Bonchev–Trinajstić information content (AvgIpc) is 2.66. The van der Waals surface area contributed by atoms with Crippen LogP contribution in [0.5, 0.6) is 5.75 Å². The minimum atomic E-state index is 0.193. The van der Waals surface area contributed by atoms with E-state index in [9.17, 15) is 0 Å². The van der Waals surface area contributed by atoms with Crippen LogP contribution in [0.2, 0.25) is 5.02 Å². The van der Waals surface area contributed by atoms with Gasteiger partial charge >= 0.3 is 0 Å². The highest BCUT2D eigenvalue weighted by molar-refractivity contribution is 6.30. The summed E-state index contributed by atoms with van der Waals surface area (Å²) in [5.41, 5.74) is 6.50. The van der Waals surface area contributed by atoms with E-state index >= 15 is 0 Å². The number of ether oxygens (including phenoxy) is 1. The first-order valence-corrected chi connectivity index (χ1v) is 7.61. The Labute approximate surface area is 119 Å². The van der Waals surface area contributed by atoms with Crippen LogP contribution in [0.25, 0.3) is 0 Å². The van der Waals surface area contributed by atoms with Gasteiger partial charge in [-0.3, -0.25) is 4.98 Å². The van der Waals surface area contributed by atoms with Crippen molar-refractivity contribution >= 4 is 11.6 Å². The Kier molecular flexibility index (Phi) is 3.68. The predicted octanol–water partition coefficient (Wildman–Crippen LogP) is 3.55. The Morgan fingerprint density at radius 3 is 2.58 bits per heavy atom. The smallest absolute Gasteiger partial charge is 0.139 e. The topological polar surface area (TPSA) is 48.1 Å². The standard InChI is InChI=1S/C15H21ClN2O/c16-11-7-12(10-18-9-11)19-14-8-13(17)15(14)5-3-1-2-4-6-15/h7,9-10,13-14H,1-6,8,17H2. The monoisotopic (exact) mass is 280 g/mol. The molecule has 3 nitrogen and oxygen atoms in total. The predicted molar refractivity (Wildman–Crippen MR) is 76.4 cm³/mol. The van der Waals surface area contributed by atoms with Crippen molar-refractivity contribution in [3.63, 3.8) is 0 Å². The van der Waals surface area contributed by atoms with Crippen LogP contribution in [-0.4, -0.2) is 17.1 Å². The van der Waals surface area contributed by atoms with Crippen LogP contribution in [0.15, 0.2) is 18.5 Å². The fourth-order valence-electron chi connectivity index (χ4n) is 3.64. The van der Waals surface area contributed by atoms with E-state index in [-0.39, 0.29) is 11.5 Å². The Hall–Kier alpha value is -0.800. The Morgan fingerprint density at radius 1 is 1.21 bits per heavy atom. The van der Waals surface area contributed by atoms with Crippen LogP contribution in [0.3, 0.4) is 0 Å². The maximum Gasteiger partial charge on any atom is 0.139 e. The van der Waals surface area contributed by atoms with Crippen molar-refractivity contribution in [1.82, 2.24) is 4.98 Å². The summed E-state index contributed by atoms with van der Waals surface area (Å²) in [5, 5.41) is 0.621. The van der Waals surface area contributed by atoms with Crippen molar-refractivity contribution in [1.29, 1.82) is 0 Å². The molecule has 3 rings (SSSR count). The van der Waals surface area contributed by atoms with Crippen molar-refractivity contribution in [2.75, 3.05) is 0 Å². The normalized spacial score (nSPS) is 29.6. The van der Waals surface area contributed by atoms with Crippen molar-refractivity contribution in [3.8, 4) is 5.75 Å². The second-order valence-corrected chi connectivity index (χ2v) is 6.37. The molecule has 2 aliphatic carbocycles. The molecule has 1 aromatic heterocycles. The molecule has 2 N–H and O–H groups in total. The second-order valence-electron chi connectivity index (χ2n) is 5.93. The van der Waals surface area contributed by atoms with E-state index in [1.807, 2.05) is 6.07 Å². The molecule has 19 heavy (non-hydrogen) atoms. The van der Waals surface area contributed by atoms with Gasteiger partial charge in [-0.2, -0.15) is 0 Å². The molecule has 0 amide bonds. The van der Waals surface area contributed by atoms with Crippen LogP contribution in [0.4, 0.5) is 0 Å². The van der Waals surface area contributed by atoms with Gasteiger partial charge in [0.25, 0.3) is 0 Å². The van der Waals surface area contributed by atoms with E-state index in [1.165, 1.54) is 38.5 Å². The summed E-state index contributed by atoms with van der Waals surface area (Å²) in [7, 11) is 0. The maximum absolute atomic E-state index is 6.31. The van der Waals surface area contributed by atoms with E-state index in [0.29, 0.717) is 11.1 Å². The lowest BCUT2D eigenvalue weighted by Gasteiger charge is -2.54. The molecule has 2 saturated carbocycles. The number of pyridine rings is 1. The lowest BCUT2D eigenvalue weighted by atomic mass is 9.58. The summed E-state index contributed by atoms with van der Waals surface area (Å²) in [5.74, 6) is 0.771. The molecule has 4 heteroatoms. The fraction of sp³-hybridized carbons (Fsp3) is 0.667. The molecular formula is C15H21ClN2O. The molecule has 0 saturated heterocycles. The first kappa shape index (κ1) is 13.2. The molecular weight excluding hydrogens is 260 g/mol. The molecule has 2 unspecified atom stereocenters. The number of rotatable bonds is 2.